The SMILES string of the molecule is NCc1ccccc1C(O)C1CCCC1. The molecule has 82 valence electrons. The van der Waals surface area contributed by atoms with E-state index in [1.807, 2.05) is 24.3 Å². The molecule has 1 aliphatic rings. The van der Waals surface area contributed by atoms with Crippen LogP contribution in [0.4, 0.5) is 0 Å². The molecule has 0 heterocycles. The molecule has 0 radical (unpaired) electrons. The minimum atomic E-state index is -0.313. The molecule has 1 saturated carbocycles. The summed E-state index contributed by atoms with van der Waals surface area (Å²) in [6, 6.07) is 7.97. The van der Waals surface area contributed by atoms with Crippen LogP contribution in [0.3, 0.4) is 0 Å². The zero-order valence-corrected chi connectivity index (χ0v) is 9.02. The van der Waals surface area contributed by atoms with Crippen molar-refractivity contribution < 1.29 is 5.11 Å². The van der Waals surface area contributed by atoms with Crippen molar-refractivity contribution in [1.82, 2.24) is 0 Å². The molecule has 0 spiro atoms. The van der Waals surface area contributed by atoms with Crippen LogP contribution in [0.5, 0.6) is 0 Å². The van der Waals surface area contributed by atoms with Gasteiger partial charge < -0.3 is 10.8 Å². The summed E-state index contributed by atoms with van der Waals surface area (Å²) in [6.07, 6.45) is 4.51. The summed E-state index contributed by atoms with van der Waals surface area (Å²) >= 11 is 0. The first kappa shape index (κ1) is 10.7. The van der Waals surface area contributed by atoms with Gasteiger partial charge in [0.15, 0.2) is 0 Å². The molecular formula is C13H19NO. The molecule has 15 heavy (non-hydrogen) atoms. The largest absolute Gasteiger partial charge is 0.388 e. The van der Waals surface area contributed by atoms with Crippen molar-refractivity contribution in [3.63, 3.8) is 0 Å². The third-order valence-electron chi connectivity index (χ3n) is 3.44. The predicted octanol–water partition coefficient (Wildman–Crippen LogP) is 2.37. The van der Waals surface area contributed by atoms with E-state index < -0.39 is 0 Å². The second-order valence-electron chi connectivity index (χ2n) is 4.39. The van der Waals surface area contributed by atoms with Crippen molar-refractivity contribution in [2.24, 2.45) is 11.7 Å². The average molecular weight is 205 g/mol. The van der Waals surface area contributed by atoms with Gasteiger partial charge in [0, 0.05) is 6.54 Å². The number of hydrogen-bond donors (Lipinski definition) is 2. The van der Waals surface area contributed by atoms with Gasteiger partial charge in [-0.2, -0.15) is 0 Å². The Hall–Kier alpha value is -0.860. The molecule has 0 aliphatic heterocycles. The van der Waals surface area contributed by atoms with Crippen LogP contribution in [0, 0.1) is 5.92 Å². The summed E-state index contributed by atoms with van der Waals surface area (Å²) in [5, 5.41) is 10.3. The summed E-state index contributed by atoms with van der Waals surface area (Å²) in [6.45, 7) is 0.514. The lowest BCUT2D eigenvalue weighted by molar-refractivity contribution is 0.111. The van der Waals surface area contributed by atoms with Gasteiger partial charge in [-0.25, -0.2) is 0 Å². The van der Waals surface area contributed by atoms with Gasteiger partial charge in [-0.3, -0.25) is 0 Å². The molecule has 2 rings (SSSR count). The zero-order valence-electron chi connectivity index (χ0n) is 9.02. The molecule has 1 fully saturated rings. The number of rotatable bonds is 3. The highest BCUT2D eigenvalue weighted by Crippen LogP contribution is 2.36. The first-order chi connectivity index (χ1) is 7.33. The van der Waals surface area contributed by atoms with Crippen LogP contribution in [-0.2, 0) is 6.54 Å². The van der Waals surface area contributed by atoms with Crippen LogP contribution in [0.1, 0.15) is 42.9 Å². The molecule has 0 aromatic heterocycles. The number of aliphatic hydroxyl groups excluding tert-OH is 1. The van der Waals surface area contributed by atoms with Crippen molar-refractivity contribution >= 4 is 0 Å². The lowest BCUT2D eigenvalue weighted by Crippen LogP contribution is -2.12. The Morgan fingerprint density at radius 2 is 1.93 bits per heavy atom. The van der Waals surface area contributed by atoms with Gasteiger partial charge in [0.05, 0.1) is 6.10 Å². The number of nitrogens with two attached hydrogens (primary N) is 1. The van der Waals surface area contributed by atoms with E-state index >= 15 is 0 Å². The fraction of sp³-hybridized carbons (Fsp3) is 0.538. The van der Waals surface area contributed by atoms with Crippen LogP contribution in [0.25, 0.3) is 0 Å². The Bertz CT molecular complexity index is 318. The Morgan fingerprint density at radius 3 is 2.60 bits per heavy atom. The standard InChI is InChI=1S/C13H19NO/c14-9-11-7-3-4-8-12(11)13(15)10-5-1-2-6-10/h3-4,7-8,10,13,15H,1-2,5-6,9,14H2. The van der Waals surface area contributed by atoms with E-state index in [9.17, 15) is 5.11 Å². The molecule has 1 aromatic rings. The Balaban J connectivity index is 2.19. The van der Waals surface area contributed by atoms with Crippen molar-refractivity contribution in [2.45, 2.75) is 38.3 Å². The lowest BCUT2D eigenvalue weighted by atomic mass is 9.91. The fourth-order valence-electron chi connectivity index (χ4n) is 2.54. The molecule has 0 saturated heterocycles. The summed E-state index contributed by atoms with van der Waals surface area (Å²) in [5.74, 6) is 0.442. The highest BCUT2D eigenvalue weighted by Gasteiger charge is 2.25. The van der Waals surface area contributed by atoms with Gasteiger partial charge in [-0.1, -0.05) is 37.1 Å². The highest BCUT2D eigenvalue weighted by atomic mass is 16.3. The molecular weight excluding hydrogens is 186 g/mol. The maximum absolute atomic E-state index is 10.3. The maximum atomic E-state index is 10.3. The van der Waals surface area contributed by atoms with E-state index in [1.165, 1.54) is 12.8 Å². The molecule has 1 aliphatic carbocycles. The quantitative estimate of drug-likeness (QED) is 0.795. The second-order valence-corrected chi connectivity index (χ2v) is 4.39. The first-order valence-electron chi connectivity index (χ1n) is 5.79. The summed E-state index contributed by atoms with van der Waals surface area (Å²) in [5.41, 5.74) is 7.79. The van der Waals surface area contributed by atoms with E-state index in [2.05, 4.69) is 0 Å². The van der Waals surface area contributed by atoms with Gasteiger partial charge in [-0.15, -0.1) is 0 Å². The monoisotopic (exact) mass is 205 g/mol. The summed E-state index contributed by atoms with van der Waals surface area (Å²) in [4.78, 5) is 0. The Kier molecular flexibility index (Phi) is 3.39. The minimum Gasteiger partial charge on any atom is -0.388 e. The van der Waals surface area contributed by atoms with Gasteiger partial charge in [-0.05, 0) is 29.9 Å². The van der Waals surface area contributed by atoms with E-state index in [0.717, 1.165) is 24.0 Å². The third-order valence-corrected chi connectivity index (χ3v) is 3.44. The summed E-state index contributed by atoms with van der Waals surface area (Å²) in [7, 11) is 0. The van der Waals surface area contributed by atoms with Crippen LogP contribution in [0.2, 0.25) is 0 Å². The van der Waals surface area contributed by atoms with E-state index in [0.29, 0.717) is 12.5 Å². The first-order valence-corrected chi connectivity index (χ1v) is 5.79. The lowest BCUT2D eigenvalue weighted by Gasteiger charge is -2.20. The van der Waals surface area contributed by atoms with Crippen LogP contribution < -0.4 is 5.73 Å². The van der Waals surface area contributed by atoms with Crippen LogP contribution in [-0.4, -0.2) is 5.11 Å². The Morgan fingerprint density at radius 1 is 1.27 bits per heavy atom. The normalized spacial score (nSPS) is 19.3. The molecule has 2 heteroatoms. The van der Waals surface area contributed by atoms with Gasteiger partial charge >= 0.3 is 0 Å². The highest BCUT2D eigenvalue weighted by molar-refractivity contribution is 5.29. The minimum absolute atomic E-state index is 0.313. The number of hydrogen-bond acceptors (Lipinski definition) is 2. The van der Waals surface area contributed by atoms with Crippen molar-refractivity contribution in [1.29, 1.82) is 0 Å². The van der Waals surface area contributed by atoms with Gasteiger partial charge in [0.2, 0.25) is 0 Å². The second kappa shape index (κ2) is 4.77. The molecule has 0 amide bonds. The smallest absolute Gasteiger partial charge is 0.0821 e. The zero-order chi connectivity index (χ0) is 10.7. The maximum Gasteiger partial charge on any atom is 0.0821 e. The van der Waals surface area contributed by atoms with E-state index in [-0.39, 0.29) is 6.10 Å². The van der Waals surface area contributed by atoms with Crippen LogP contribution >= 0.6 is 0 Å². The van der Waals surface area contributed by atoms with Crippen LogP contribution in [0.15, 0.2) is 24.3 Å². The molecule has 0 bridgehead atoms. The molecule has 1 atom stereocenters. The molecule has 1 unspecified atom stereocenters. The number of benzene rings is 1. The predicted molar refractivity (Wildman–Crippen MR) is 61.3 cm³/mol. The number of aliphatic hydroxyl groups is 1. The molecule has 3 N–H and O–H groups in total. The van der Waals surface area contributed by atoms with Gasteiger partial charge in [0.25, 0.3) is 0 Å². The summed E-state index contributed by atoms with van der Waals surface area (Å²) < 4.78 is 0. The Labute approximate surface area is 91.1 Å². The molecule has 1 aromatic carbocycles. The van der Waals surface area contributed by atoms with Crippen molar-refractivity contribution in [3.8, 4) is 0 Å². The fourth-order valence-corrected chi connectivity index (χ4v) is 2.54. The van der Waals surface area contributed by atoms with Crippen molar-refractivity contribution in [3.05, 3.63) is 35.4 Å². The topological polar surface area (TPSA) is 46.2 Å². The van der Waals surface area contributed by atoms with E-state index in [1.54, 1.807) is 0 Å². The third kappa shape index (κ3) is 2.21. The molecule has 2 nitrogen and oxygen atoms in total. The van der Waals surface area contributed by atoms with E-state index in [4.69, 9.17) is 5.73 Å². The van der Waals surface area contributed by atoms with Crippen molar-refractivity contribution in [2.75, 3.05) is 0 Å². The average Bonchev–Trinajstić information content (AvgIpc) is 2.81. The van der Waals surface area contributed by atoms with Gasteiger partial charge in [0.1, 0.15) is 0 Å².